The summed E-state index contributed by atoms with van der Waals surface area (Å²) in [6, 6.07) is 13.1. The molecule has 5 rings (SSSR count). The SMILES string of the molecule is COC(=O)c1ccc(CN2CCC(n3c(C4CCC4)nc4cc(F)ccc43)CC2)cc1. The zero-order valence-corrected chi connectivity index (χ0v) is 17.9. The van der Waals surface area contributed by atoms with E-state index in [0.717, 1.165) is 49.3 Å². The summed E-state index contributed by atoms with van der Waals surface area (Å²) in [6.45, 7) is 2.89. The van der Waals surface area contributed by atoms with Crippen molar-refractivity contribution >= 4 is 17.0 Å². The Balaban J connectivity index is 1.29. The fraction of sp³-hybridized carbons (Fsp3) is 0.440. The number of hydrogen-bond acceptors (Lipinski definition) is 4. The molecule has 1 aliphatic carbocycles. The van der Waals surface area contributed by atoms with Crippen LogP contribution < -0.4 is 0 Å². The molecule has 2 fully saturated rings. The zero-order chi connectivity index (χ0) is 21.4. The summed E-state index contributed by atoms with van der Waals surface area (Å²) in [6.07, 6.45) is 5.75. The van der Waals surface area contributed by atoms with E-state index in [4.69, 9.17) is 9.72 Å². The van der Waals surface area contributed by atoms with Crippen molar-refractivity contribution in [3.8, 4) is 0 Å². The van der Waals surface area contributed by atoms with Gasteiger partial charge in [-0.1, -0.05) is 18.6 Å². The first kappa shape index (κ1) is 20.2. The number of esters is 1. The van der Waals surface area contributed by atoms with E-state index in [1.54, 1.807) is 12.1 Å². The third-order valence-electron chi connectivity index (χ3n) is 6.85. The van der Waals surface area contributed by atoms with Crippen molar-refractivity contribution in [2.45, 2.75) is 50.6 Å². The lowest BCUT2D eigenvalue weighted by atomic mass is 9.84. The molecule has 1 aliphatic heterocycles. The summed E-state index contributed by atoms with van der Waals surface area (Å²) in [5.74, 6) is 1.15. The summed E-state index contributed by atoms with van der Waals surface area (Å²) < 4.78 is 21.0. The molecule has 162 valence electrons. The van der Waals surface area contributed by atoms with Gasteiger partial charge in [0.05, 0.1) is 23.7 Å². The summed E-state index contributed by atoms with van der Waals surface area (Å²) in [7, 11) is 1.40. The number of likely N-dealkylation sites (tertiary alicyclic amines) is 1. The molecule has 1 saturated heterocycles. The van der Waals surface area contributed by atoms with E-state index in [9.17, 15) is 9.18 Å². The van der Waals surface area contributed by atoms with Gasteiger partial charge < -0.3 is 9.30 Å². The molecule has 3 aromatic rings. The molecular formula is C25H28FN3O2. The highest BCUT2D eigenvalue weighted by Crippen LogP contribution is 2.40. The molecule has 31 heavy (non-hydrogen) atoms. The molecule has 1 aromatic heterocycles. The van der Waals surface area contributed by atoms with Crippen LogP contribution >= 0.6 is 0 Å². The van der Waals surface area contributed by atoms with Gasteiger partial charge in [-0.05, 0) is 55.5 Å². The van der Waals surface area contributed by atoms with Crippen molar-refractivity contribution < 1.29 is 13.9 Å². The molecule has 0 unspecified atom stereocenters. The van der Waals surface area contributed by atoms with Gasteiger partial charge in [-0.15, -0.1) is 0 Å². The maximum absolute atomic E-state index is 13.8. The largest absolute Gasteiger partial charge is 0.465 e. The monoisotopic (exact) mass is 421 g/mol. The van der Waals surface area contributed by atoms with E-state index in [1.807, 2.05) is 30.3 Å². The summed E-state index contributed by atoms with van der Waals surface area (Å²) in [5, 5.41) is 0. The highest BCUT2D eigenvalue weighted by atomic mass is 19.1. The summed E-state index contributed by atoms with van der Waals surface area (Å²) in [5.41, 5.74) is 3.64. The van der Waals surface area contributed by atoms with Crippen LogP contribution in [0.2, 0.25) is 0 Å². The minimum Gasteiger partial charge on any atom is -0.465 e. The van der Waals surface area contributed by atoms with Crippen LogP contribution in [-0.4, -0.2) is 40.6 Å². The van der Waals surface area contributed by atoms with Crippen LogP contribution in [0.4, 0.5) is 4.39 Å². The topological polar surface area (TPSA) is 47.4 Å². The van der Waals surface area contributed by atoms with E-state index >= 15 is 0 Å². The number of imidazole rings is 1. The van der Waals surface area contributed by atoms with Crippen LogP contribution in [0, 0.1) is 5.82 Å². The average Bonchev–Trinajstić information content (AvgIpc) is 3.10. The summed E-state index contributed by atoms with van der Waals surface area (Å²) in [4.78, 5) is 18.9. The van der Waals surface area contributed by atoms with Crippen molar-refractivity contribution in [3.05, 3.63) is 65.2 Å². The van der Waals surface area contributed by atoms with Crippen molar-refractivity contribution in [3.63, 3.8) is 0 Å². The fourth-order valence-electron chi connectivity index (χ4n) is 4.89. The number of piperidine rings is 1. The van der Waals surface area contributed by atoms with Crippen LogP contribution in [-0.2, 0) is 11.3 Å². The standard InChI is InChI=1S/C25H28FN3O2/c1-31-25(30)19-7-5-17(6-8-19)16-28-13-11-21(12-14-28)29-23-10-9-20(26)15-22(23)27-24(29)18-3-2-4-18/h5-10,15,18,21H,2-4,11-14,16H2,1H3. The van der Waals surface area contributed by atoms with Crippen molar-refractivity contribution in [1.29, 1.82) is 0 Å². The molecule has 0 amide bonds. The third-order valence-corrected chi connectivity index (χ3v) is 6.85. The maximum atomic E-state index is 13.8. The number of hydrogen-bond donors (Lipinski definition) is 0. The zero-order valence-electron chi connectivity index (χ0n) is 17.9. The smallest absolute Gasteiger partial charge is 0.337 e. The molecule has 0 radical (unpaired) electrons. The lowest BCUT2D eigenvalue weighted by molar-refractivity contribution is 0.0600. The van der Waals surface area contributed by atoms with Gasteiger partial charge in [0.2, 0.25) is 0 Å². The predicted octanol–water partition coefficient (Wildman–Crippen LogP) is 5.07. The minimum atomic E-state index is -0.304. The van der Waals surface area contributed by atoms with Crippen LogP contribution in [0.15, 0.2) is 42.5 Å². The van der Waals surface area contributed by atoms with E-state index in [2.05, 4.69) is 9.47 Å². The number of benzene rings is 2. The van der Waals surface area contributed by atoms with Crippen molar-refractivity contribution in [2.24, 2.45) is 0 Å². The Bertz CT molecular complexity index is 1080. The summed E-state index contributed by atoms with van der Waals surface area (Å²) >= 11 is 0. The molecule has 2 aliphatic rings. The van der Waals surface area contributed by atoms with Crippen LogP contribution in [0.25, 0.3) is 11.0 Å². The highest BCUT2D eigenvalue weighted by Gasteiger charge is 2.30. The van der Waals surface area contributed by atoms with Gasteiger partial charge in [-0.3, -0.25) is 4.90 Å². The molecule has 0 bridgehead atoms. The molecule has 1 saturated carbocycles. The van der Waals surface area contributed by atoms with Gasteiger partial charge in [0.25, 0.3) is 0 Å². The van der Waals surface area contributed by atoms with Gasteiger partial charge in [0.15, 0.2) is 0 Å². The minimum absolute atomic E-state index is 0.217. The van der Waals surface area contributed by atoms with Crippen molar-refractivity contribution in [1.82, 2.24) is 14.5 Å². The Hall–Kier alpha value is -2.73. The second-order valence-corrected chi connectivity index (χ2v) is 8.80. The van der Waals surface area contributed by atoms with Gasteiger partial charge in [-0.25, -0.2) is 14.2 Å². The molecule has 6 heteroatoms. The van der Waals surface area contributed by atoms with Gasteiger partial charge in [-0.2, -0.15) is 0 Å². The number of fused-ring (bicyclic) bond motifs is 1. The molecule has 0 atom stereocenters. The van der Waals surface area contributed by atoms with E-state index in [-0.39, 0.29) is 11.8 Å². The molecule has 2 heterocycles. The van der Waals surface area contributed by atoms with Crippen LogP contribution in [0.5, 0.6) is 0 Å². The Morgan fingerprint density at radius 1 is 1.10 bits per heavy atom. The Morgan fingerprint density at radius 2 is 1.84 bits per heavy atom. The fourth-order valence-corrected chi connectivity index (χ4v) is 4.89. The number of aromatic nitrogens is 2. The van der Waals surface area contributed by atoms with E-state index in [0.29, 0.717) is 17.5 Å². The molecule has 0 N–H and O–H groups in total. The Labute approximate surface area is 181 Å². The molecule has 0 spiro atoms. The number of carbonyl (C=O) groups is 1. The van der Waals surface area contributed by atoms with E-state index < -0.39 is 0 Å². The lowest BCUT2D eigenvalue weighted by Crippen LogP contribution is -2.35. The first-order valence-corrected chi connectivity index (χ1v) is 11.2. The number of carbonyl (C=O) groups excluding carboxylic acids is 1. The van der Waals surface area contributed by atoms with Crippen LogP contribution in [0.1, 0.15) is 65.8 Å². The number of ether oxygens (including phenoxy) is 1. The number of methoxy groups -OCH3 is 1. The number of rotatable bonds is 5. The quantitative estimate of drug-likeness (QED) is 0.540. The average molecular weight is 422 g/mol. The molecular weight excluding hydrogens is 393 g/mol. The van der Waals surface area contributed by atoms with E-state index in [1.165, 1.54) is 31.9 Å². The van der Waals surface area contributed by atoms with Crippen molar-refractivity contribution in [2.75, 3.05) is 20.2 Å². The Morgan fingerprint density at radius 3 is 2.48 bits per heavy atom. The van der Waals surface area contributed by atoms with Gasteiger partial charge in [0, 0.05) is 37.7 Å². The number of halogens is 1. The normalized spacial score (nSPS) is 18.3. The third kappa shape index (κ3) is 3.97. The second kappa shape index (κ2) is 8.42. The predicted molar refractivity (Wildman–Crippen MR) is 118 cm³/mol. The highest BCUT2D eigenvalue weighted by molar-refractivity contribution is 5.89. The first-order chi connectivity index (χ1) is 15.1. The van der Waals surface area contributed by atoms with Gasteiger partial charge >= 0.3 is 5.97 Å². The number of nitrogens with zero attached hydrogens (tertiary/aromatic N) is 3. The van der Waals surface area contributed by atoms with Crippen LogP contribution in [0.3, 0.4) is 0 Å². The first-order valence-electron chi connectivity index (χ1n) is 11.2. The Kier molecular flexibility index (Phi) is 5.48. The maximum Gasteiger partial charge on any atom is 0.337 e. The molecule has 2 aromatic carbocycles. The molecule has 5 nitrogen and oxygen atoms in total. The lowest BCUT2D eigenvalue weighted by Gasteiger charge is -2.35. The van der Waals surface area contributed by atoms with Gasteiger partial charge in [0.1, 0.15) is 11.6 Å². The second-order valence-electron chi connectivity index (χ2n) is 8.80.